The number of aromatic nitrogens is 1. The highest BCUT2D eigenvalue weighted by molar-refractivity contribution is 5.99. The van der Waals surface area contributed by atoms with Gasteiger partial charge in [0, 0.05) is 6.61 Å². The molecule has 1 unspecified atom stereocenters. The van der Waals surface area contributed by atoms with Gasteiger partial charge in [0.05, 0.1) is 11.3 Å². The van der Waals surface area contributed by atoms with E-state index in [0.29, 0.717) is 18.9 Å². The van der Waals surface area contributed by atoms with Gasteiger partial charge in [-0.15, -0.1) is 0 Å². The minimum absolute atomic E-state index is 0.187. The lowest BCUT2D eigenvalue weighted by atomic mass is 10.0. The molecule has 1 amide bonds. The molecule has 1 aliphatic rings. The first-order valence-corrected chi connectivity index (χ1v) is 7.07. The maximum atomic E-state index is 12.4. The number of rotatable bonds is 3. The Kier molecular flexibility index (Phi) is 3.51. The van der Waals surface area contributed by atoms with Gasteiger partial charge in [0.15, 0.2) is 0 Å². The third-order valence-electron chi connectivity index (χ3n) is 3.85. The molecule has 1 atom stereocenters. The zero-order valence-corrected chi connectivity index (χ0v) is 12.2. The summed E-state index contributed by atoms with van der Waals surface area (Å²) in [5.41, 5.74) is 1.73. The summed E-state index contributed by atoms with van der Waals surface area (Å²) in [6, 6.07) is 9.74. The van der Waals surface area contributed by atoms with Gasteiger partial charge in [-0.05, 0) is 32.3 Å². The molecule has 5 heteroatoms. The third kappa shape index (κ3) is 2.56. The summed E-state index contributed by atoms with van der Waals surface area (Å²) in [4.78, 5) is 12.4. The number of ether oxygens (including phenoxy) is 1. The van der Waals surface area contributed by atoms with Crippen LogP contribution in [0.15, 0.2) is 34.9 Å². The largest absolute Gasteiger partial charge is 0.365 e. The van der Waals surface area contributed by atoms with Crippen molar-refractivity contribution in [2.24, 2.45) is 0 Å². The van der Waals surface area contributed by atoms with Gasteiger partial charge in [0.25, 0.3) is 5.91 Å². The molecule has 1 N–H and O–H groups in total. The molecule has 0 spiro atoms. The third-order valence-corrected chi connectivity index (χ3v) is 3.85. The van der Waals surface area contributed by atoms with Crippen LogP contribution >= 0.6 is 0 Å². The van der Waals surface area contributed by atoms with Crippen molar-refractivity contribution in [3.05, 3.63) is 36.0 Å². The molecule has 0 aliphatic carbocycles. The van der Waals surface area contributed by atoms with E-state index in [2.05, 4.69) is 10.5 Å². The minimum atomic E-state index is -0.783. The van der Waals surface area contributed by atoms with Crippen LogP contribution in [-0.2, 0) is 9.53 Å². The standard InChI is InChI=1S/C16H18N2O3/c1-11-13(12-7-4-3-5-8-12)14(21-18-11)17-15(19)16(2)9-6-10-20-16/h3-5,7-8H,6,9-10H2,1-2H3,(H,17,19). The highest BCUT2D eigenvalue weighted by Crippen LogP contribution is 2.33. The summed E-state index contributed by atoms with van der Waals surface area (Å²) in [6.45, 7) is 4.28. The van der Waals surface area contributed by atoms with E-state index in [1.165, 1.54) is 0 Å². The van der Waals surface area contributed by atoms with Gasteiger partial charge in [-0.25, -0.2) is 0 Å². The number of hydrogen-bond donors (Lipinski definition) is 1. The maximum Gasteiger partial charge on any atom is 0.258 e. The van der Waals surface area contributed by atoms with Gasteiger partial charge in [-0.2, -0.15) is 0 Å². The van der Waals surface area contributed by atoms with E-state index in [9.17, 15) is 4.79 Å². The SMILES string of the molecule is Cc1noc(NC(=O)C2(C)CCCO2)c1-c1ccccc1. The average Bonchev–Trinajstić information content (AvgIpc) is 3.08. The van der Waals surface area contributed by atoms with E-state index < -0.39 is 5.60 Å². The molecule has 110 valence electrons. The normalized spacial score (nSPS) is 21.4. The molecule has 2 heterocycles. The Morgan fingerprint density at radius 1 is 1.33 bits per heavy atom. The highest BCUT2D eigenvalue weighted by atomic mass is 16.5. The van der Waals surface area contributed by atoms with Crippen LogP contribution in [0.3, 0.4) is 0 Å². The van der Waals surface area contributed by atoms with Crippen molar-refractivity contribution in [1.29, 1.82) is 0 Å². The molecular formula is C16H18N2O3. The number of benzene rings is 1. The molecular weight excluding hydrogens is 268 g/mol. The fourth-order valence-electron chi connectivity index (χ4n) is 2.59. The molecule has 21 heavy (non-hydrogen) atoms. The number of carbonyl (C=O) groups is 1. The summed E-state index contributed by atoms with van der Waals surface area (Å²) >= 11 is 0. The summed E-state index contributed by atoms with van der Waals surface area (Å²) in [6.07, 6.45) is 1.61. The second-order valence-corrected chi connectivity index (χ2v) is 5.48. The lowest BCUT2D eigenvalue weighted by Crippen LogP contribution is -2.39. The number of nitrogens with zero attached hydrogens (tertiary/aromatic N) is 1. The molecule has 0 bridgehead atoms. The molecule has 3 rings (SSSR count). The minimum Gasteiger partial charge on any atom is -0.365 e. The smallest absolute Gasteiger partial charge is 0.258 e. The first-order valence-electron chi connectivity index (χ1n) is 7.07. The zero-order valence-electron chi connectivity index (χ0n) is 12.2. The summed E-state index contributed by atoms with van der Waals surface area (Å²) in [5.74, 6) is 0.189. The molecule has 1 fully saturated rings. The number of hydrogen-bond acceptors (Lipinski definition) is 4. The summed E-state index contributed by atoms with van der Waals surface area (Å²) in [5, 5.41) is 6.78. The van der Waals surface area contributed by atoms with Crippen molar-refractivity contribution in [2.75, 3.05) is 11.9 Å². The fourth-order valence-corrected chi connectivity index (χ4v) is 2.59. The molecule has 1 saturated heterocycles. The Labute approximate surface area is 123 Å². The van der Waals surface area contributed by atoms with Crippen molar-refractivity contribution in [2.45, 2.75) is 32.3 Å². The van der Waals surface area contributed by atoms with Crippen molar-refractivity contribution in [3.8, 4) is 11.1 Å². The first kappa shape index (κ1) is 13.8. The van der Waals surface area contributed by atoms with Crippen LogP contribution in [0.25, 0.3) is 11.1 Å². The van der Waals surface area contributed by atoms with E-state index in [4.69, 9.17) is 9.26 Å². The van der Waals surface area contributed by atoms with Crippen molar-refractivity contribution < 1.29 is 14.1 Å². The Morgan fingerprint density at radius 2 is 2.10 bits per heavy atom. The first-order chi connectivity index (χ1) is 10.1. The Balaban J connectivity index is 1.89. The van der Waals surface area contributed by atoms with Crippen LogP contribution in [-0.4, -0.2) is 23.3 Å². The van der Waals surface area contributed by atoms with Gasteiger partial charge >= 0.3 is 0 Å². The highest BCUT2D eigenvalue weighted by Gasteiger charge is 2.38. The van der Waals surface area contributed by atoms with E-state index in [0.717, 1.165) is 23.2 Å². The van der Waals surface area contributed by atoms with E-state index >= 15 is 0 Å². The summed E-state index contributed by atoms with van der Waals surface area (Å²) < 4.78 is 10.8. The molecule has 1 aromatic heterocycles. The van der Waals surface area contributed by atoms with Crippen LogP contribution in [0.4, 0.5) is 5.88 Å². The van der Waals surface area contributed by atoms with Gasteiger partial charge in [0.2, 0.25) is 5.88 Å². The van der Waals surface area contributed by atoms with Crippen LogP contribution in [0.5, 0.6) is 0 Å². The number of aryl methyl sites for hydroxylation is 1. The number of nitrogens with one attached hydrogen (secondary N) is 1. The molecule has 0 radical (unpaired) electrons. The van der Waals surface area contributed by atoms with Gasteiger partial charge in [0.1, 0.15) is 5.60 Å². The molecule has 1 aromatic carbocycles. The van der Waals surface area contributed by atoms with Crippen molar-refractivity contribution in [3.63, 3.8) is 0 Å². The van der Waals surface area contributed by atoms with E-state index in [1.807, 2.05) is 37.3 Å². The quantitative estimate of drug-likeness (QED) is 0.941. The van der Waals surface area contributed by atoms with Gasteiger partial charge < -0.3 is 9.26 Å². The number of carbonyl (C=O) groups excluding carboxylic acids is 1. The van der Waals surface area contributed by atoms with Crippen molar-refractivity contribution in [1.82, 2.24) is 5.16 Å². The van der Waals surface area contributed by atoms with Crippen LogP contribution < -0.4 is 5.32 Å². The molecule has 5 nitrogen and oxygen atoms in total. The predicted octanol–water partition coefficient (Wildman–Crippen LogP) is 3.16. The second kappa shape index (κ2) is 5.33. The average molecular weight is 286 g/mol. The topological polar surface area (TPSA) is 64.4 Å². The Bertz CT molecular complexity index is 643. The Morgan fingerprint density at radius 3 is 2.76 bits per heavy atom. The van der Waals surface area contributed by atoms with Crippen LogP contribution in [0.1, 0.15) is 25.5 Å². The number of anilines is 1. The zero-order chi connectivity index (χ0) is 14.9. The van der Waals surface area contributed by atoms with E-state index in [1.54, 1.807) is 6.92 Å². The van der Waals surface area contributed by atoms with Gasteiger partial charge in [-0.1, -0.05) is 35.5 Å². The van der Waals surface area contributed by atoms with Gasteiger partial charge in [-0.3, -0.25) is 10.1 Å². The maximum absolute atomic E-state index is 12.4. The fraction of sp³-hybridized carbons (Fsp3) is 0.375. The monoisotopic (exact) mass is 286 g/mol. The molecule has 2 aromatic rings. The predicted molar refractivity (Wildman–Crippen MR) is 78.9 cm³/mol. The Hall–Kier alpha value is -2.14. The number of amides is 1. The lowest BCUT2D eigenvalue weighted by Gasteiger charge is -2.21. The second-order valence-electron chi connectivity index (χ2n) is 5.48. The van der Waals surface area contributed by atoms with E-state index in [-0.39, 0.29) is 5.91 Å². The summed E-state index contributed by atoms with van der Waals surface area (Å²) in [7, 11) is 0. The molecule has 1 aliphatic heterocycles. The molecule has 0 saturated carbocycles. The van der Waals surface area contributed by atoms with Crippen LogP contribution in [0, 0.1) is 6.92 Å². The lowest BCUT2D eigenvalue weighted by molar-refractivity contribution is -0.133. The van der Waals surface area contributed by atoms with Crippen molar-refractivity contribution >= 4 is 11.8 Å². The van der Waals surface area contributed by atoms with Crippen LogP contribution in [0.2, 0.25) is 0 Å².